The lowest BCUT2D eigenvalue weighted by molar-refractivity contribution is -0.143. The summed E-state index contributed by atoms with van der Waals surface area (Å²) in [5.74, 6) is -1.96. The Morgan fingerprint density at radius 3 is 2.70 bits per heavy atom. The largest absolute Gasteiger partial charge is 0.480 e. The van der Waals surface area contributed by atoms with Crippen molar-refractivity contribution in [3.05, 3.63) is 28.2 Å². The first-order valence-corrected chi connectivity index (χ1v) is 11.1. The van der Waals surface area contributed by atoms with Crippen LogP contribution in [-0.4, -0.2) is 66.6 Å². The molecule has 27 heavy (non-hydrogen) atoms. The minimum atomic E-state index is -3.20. The number of carboxylic acid groups (broad SMARTS) is 1. The van der Waals surface area contributed by atoms with Gasteiger partial charge in [0, 0.05) is 10.3 Å². The maximum atomic E-state index is 12.0. The van der Waals surface area contributed by atoms with Crippen LogP contribution in [0, 0.1) is 0 Å². The molecule has 3 rings (SSSR count). The monoisotopic (exact) mass is 452 g/mol. The molecule has 2 atom stereocenters. The van der Waals surface area contributed by atoms with Crippen molar-refractivity contribution in [2.24, 2.45) is 4.99 Å². The van der Waals surface area contributed by atoms with E-state index in [2.05, 4.69) is 4.99 Å². The molecule has 1 aromatic carbocycles. The summed E-state index contributed by atoms with van der Waals surface area (Å²) in [7, 11) is -3.20. The number of amides is 1. The van der Waals surface area contributed by atoms with Crippen molar-refractivity contribution in [1.82, 2.24) is 0 Å². The van der Waals surface area contributed by atoms with E-state index in [4.69, 9.17) is 33.0 Å². The van der Waals surface area contributed by atoms with E-state index >= 15 is 0 Å². The molecule has 2 unspecified atom stereocenters. The number of anilines is 1. The van der Waals surface area contributed by atoms with Crippen LogP contribution in [0.25, 0.3) is 0 Å². The number of thioether (sulfide) groups is 1. The molecule has 1 amide bonds. The van der Waals surface area contributed by atoms with Crippen LogP contribution in [0.3, 0.4) is 0 Å². The Balaban J connectivity index is 1.89. The number of nitrogens with zero attached hydrogens (tertiary/aromatic N) is 2. The van der Waals surface area contributed by atoms with Gasteiger partial charge in [-0.1, -0.05) is 35.0 Å². The molecule has 0 radical (unpaired) electrons. The van der Waals surface area contributed by atoms with Crippen LogP contribution in [0.15, 0.2) is 23.2 Å². The summed E-state index contributed by atoms with van der Waals surface area (Å²) in [6, 6.07) is 4.36. The predicted molar refractivity (Wildman–Crippen MR) is 104 cm³/mol. The van der Waals surface area contributed by atoms with Crippen molar-refractivity contribution in [3.8, 4) is 0 Å². The van der Waals surface area contributed by atoms with Gasteiger partial charge >= 0.3 is 5.97 Å². The van der Waals surface area contributed by atoms with Gasteiger partial charge in [-0.2, -0.15) is 4.99 Å². The SMILES string of the molecule is O=C(O)COCC(=O)N=C1SC2CS(=O)(=O)CC2N1c1ccc(Cl)cc1Cl. The number of aliphatic imine (C=N–C) groups is 1. The number of fused-ring (bicyclic) bond motifs is 1. The van der Waals surface area contributed by atoms with E-state index in [1.807, 2.05) is 0 Å². The van der Waals surface area contributed by atoms with Crippen LogP contribution in [0.5, 0.6) is 0 Å². The normalized spacial score (nSPS) is 25.0. The smallest absolute Gasteiger partial charge is 0.329 e. The number of rotatable bonds is 5. The molecule has 2 saturated heterocycles. The Hall–Kier alpha value is -1.33. The molecule has 1 aromatic rings. The van der Waals surface area contributed by atoms with Crippen molar-refractivity contribution in [3.63, 3.8) is 0 Å². The first kappa shape index (κ1) is 20.4. The zero-order chi connectivity index (χ0) is 19.8. The molecule has 146 valence electrons. The Labute approximate surface area is 169 Å². The highest BCUT2D eigenvalue weighted by molar-refractivity contribution is 8.16. The van der Waals surface area contributed by atoms with Crippen molar-refractivity contribution in [1.29, 1.82) is 0 Å². The third-order valence-electron chi connectivity index (χ3n) is 3.91. The number of halogens is 2. The summed E-state index contributed by atoms with van der Waals surface area (Å²) in [5.41, 5.74) is 0.496. The highest BCUT2D eigenvalue weighted by Gasteiger charge is 2.49. The lowest BCUT2D eigenvalue weighted by Gasteiger charge is -2.25. The number of aliphatic carboxylic acids is 1. The van der Waals surface area contributed by atoms with Gasteiger partial charge < -0.3 is 14.7 Å². The lowest BCUT2D eigenvalue weighted by Crippen LogP contribution is -2.38. The van der Waals surface area contributed by atoms with Gasteiger partial charge in [-0.15, -0.1) is 0 Å². The van der Waals surface area contributed by atoms with E-state index < -0.39 is 41.0 Å². The summed E-state index contributed by atoms with van der Waals surface area (Å²) in [4.78, 5) is 28.1. The van der Waals surface area contributed by atoms with Crippen LogP contribution in [0.2, 0.25) is 10.0 Å². The van der Waals surface area contributed by atoms with Gasteiger partial charge in [0.25, 0.3) is 5.91 Å². The van der Waals surface area contributed by atoms with Crippen molar-refractivity contribution >= 4 is 67.5 Å². The molecule has 0 saturated carbocycles. The molecule has 0 aliphatic carbocycles. The van der Waals surface area contributed by atoms with E-state index in [1.165, 1.54) is 17.8 Å². The maximum absolute atomic E-state index is 12.0. The van der Waals surface area contributed by atoms with E-state index in [0.29, 0.717) is 20.9 Å². The van der Waals surface area contributed by atoms with Crippen molar-refractivity contribution in [2.75, 3.05) is 29.6 Å². The average Bonchev–Trinajstić information content (AvgIpc) is 2.98. The number of carbonyl (C=O) groups excluding carboxylic acids is 1. The van der Waals surface area contributed by atoms with Crippen LogP contribution in [-0.2, 0) is 24.2 Å². The fourth-order valence-corrected chi connectivity index (χ4v) is 7.31. The van der Waals surface area contributed by atoms with Gasteiger partial charge in [-0.25, -0.2) is 13.2 Å². The molecule has 0 aromatic heterocycles. The predicted octanol–water partition coefficient (Wildman–Crippen LogP) is 1.70. The molecule has 2 aliphatic heterocycles. The second-order valence-corrected chi connectivity index (χ2v) is 10.1. The molecule has 1 N–H and O–H groups in total. The molecule has 2 fully saturated rings. The average molecular weight is 453 g/mol. The van der Waals surface area contributed by atoms with Gasteiger partial charge in [0.2, 0.25) is 0 Å². The topological polar surface area (TPSA) is 113 Å². The summed E-state index contributed by atoms with van der Waals surface area (Å²) < 4.78 is 28.8. The van der Waals surface area contributed by atoms with Crippen LogP contribution >= 0.6 is 35.0 Å². The summed E-state index contributed by atoms with van der Waals surface area (Å²) in [6.07, 6.45) is 0. The quantitative estimate of drug-likeness (QED) is 0.717. The minimum absolute atomic E-state index is 0.0211. The number of carboxylic acids is 1. The summed E-state index contributed by atoms with van der Waals surface area (Å²) in [5, 5.41) is 9.28. The number of benzene rings is 1. The third-order valence-corrected chi connectivity index (χ3v) is 7.65. The Bertz CT molecular complexity index is 921. The number of hydrogen-bond donors (Lipinski definition) is 1. The molecular weight excluding hydrogens is 439 g/mol. The zero-order valence-corrected chi connectivity index (χ0v) is 16.8. The molecule has 8 nitrogen and oxygen atoms in total. The van der Waals surface area contributed by atoms with Crippen molar-refractivity contribution in [2.45, 2.75) is 11.3 Å². The fraction of sp³-hybridized carbons (Fsp3) is 0.400. The van der Waals surface area contributed by atoms with Crippen LogP contribution < -0.4 is 4.90 Å². The summed E-state index contributed by atoms with van der Waals surface area (Å²) in [6.45, 7) is -1.11. The van der Waals surface area contributed by atoms with Gasteiger partial charge in [0.15, 0.2) is 15.0 Å². The Morgan fingerprint density at radius 2 is 2.04 bits per heavy atom. The number of amidine groups is 1. The second-order valence-electron chi connectivity index (χ2n) is 5.94. The molecule has 2 aliphatic rings. The highest BCUT2D eigenvalue weighted by Crippen LogP contribution is 2.43. The number of hydrogen-bond acceptors (Lipinski definition) is 6. The first-order chi connectivity index (χ1) is 12.7. The lowest BCUT2D eigenvalue weighted by atomic mass is 10.2. The second kappa shape index (κ2) is 7.96. The fourth-order valence-electron chi connectivity index (χ4n) is 2.89. The maximum Gasteiger partial charge on any atom is 0.329 e. The number of carbonyl (C=O) groups is 2. The number of sulfone groups is 1. The first-order valence-electron chi connectivity index (χ1n) is 7.69. The molecule has 0 spiro atoms. The third kappa shape index (κ3) is 4.75. The van der Waals surface area contributed by atoms with Gasteiger partial charge in [-0.05, 0) is 18.2 Å². The Morgan fingerprint density at radius 1 is 1.30 bits per heavy atom. The molecule has 12 heteroatoms. The van der Waals surface area contributed by atoms with Crippen molar-refractivity contribution < 1.29 is 27.9 Å². The molecule has 2 heterocycles. The van der Waals surface area contributed by atoms with E-state index in [9.17, 15) is 18.0 Å². The van der Waals surface area contributed by atoms with Gasteiger partial charge in [-0.3, -0.25) is 4.79 Å². The summed E-state index contributed by atoms with van der Waals surface area (Å²) >= 11 is 13.4. The van der Waals surface area contributed by atoms with Crippen LogP contribution in [0.4, 0.5) is 5.69 Å². The van der Waals surface area contributed by atoms with Gasteiger partial charge in [0.1, 0.15) is 13.2 Å². The van der Waals surface area contributed by atoms with E-state index in [1.54, 1.807) is 17.0 Å². The zero-order valence-electron chi connectivity index (χ0n) is 13.7. The molecule has 0 bridgehead atoms. The highest BCUT2D eigenvalue weighted by atomic mass is 35.5. The minimum Gasteiger partial charge on any atom is -0.480 e. The Kier molecular flexibility index (Phi) is 6.02. The number of ether oxygens (including phenoxy) is 1. The van der Waals surface area contributed by atoms with E-state index in [0.717, 1.165) is 0 Å². The molecular formula is C15H14Cl2N2O6S2. The standard InChI is InChI=1S/C15H14Cl2N2O6S2/c16-8-1-2-10(9(17)3-8)19-11-6-27(23,24)7-12(11)26-15(19)18-13(20)4-25-5-14(21)22/h1-3,11-12H,4-7H2,(H,21,22). The van der Waals surface area contributed by atoms with E-state index in [-0.39, 0.29) is 16.8 Å². The van der Waals surface area contributed by atoms with Crippen LogP contribution in [0.1, 0.15) is 0 Å². The van der Waals surface area contributed by atoms with Gasteiger partial charge in [0.05, 0.1) is 28.3 Å².